The van der Waals surface area contributed by atoms with Gasteiger partial charge in [-0.3, -0.25) is 9.69 Å². The summed E-state index contributed by atoms with van der Waals surface area (Å²) in [5.74, 6) is -0.594. The normalized spacial score (nSPS) is 33.7. The summed E-state index contributed by atoms with van der Waals surface area (Å²) in [7, 11) is 0. The van der Waals surface area contributed by atoms with E-state index in [0.717, 1.165) is 25.9 Å². The van der Waals surface area contributed by atoms with E-state index in [2.05, 4.69) is 18.7 Å². The summed E-state index contributed by atoms with van der Waals surface area (Å²) in [6, 6.07) is 0.630. The van der Waals surface area contributed by atoms with Crippen molar-refractivity contribution in [3.8, 4) is 0 Å². The summed E-state index contributed by atoms with van der Waals surface area (Å²) >= 11 is 0. The van der Waals surface area contributed by atoms with Crippen LogP contribution in [0.3, 0.4) is 0 Å². The molecule has 2 rings (SSSR count). The van der Waals surface area contributed by atoms with Gasteiger partial charge in [0.25, 0.3) is 0 Å². The molecular weight excluding hydrogens is 226 g/mol. The summed E-state index contributed by atoms with van der Waals surface area (Å²) in [6.45, 7) is 8.46. The molecule has 1 aliphatic heterocycles. The molecule has 3 heteroatoms. The van der Waals surface area contributed by atoms with Crippen LogP contribution in [0, 0.1) is 10.8 Å². The Kier molecular flexibility index (Phi) is 3.72. The van der Waals surface area contributed by atoms with E-state index in [4.69, 9.17) is 0 Å². The van der Waals surface area contributed by atoms with Crippen molar-refractivity contribution in [3.05, 3.63) is 0 Å². The van der Waals surface area contributed by atoms with Crippen LogP contribution in [0.5, 0.6) is 0 Å². The molecule has 2 fully saturated rings. The minimum atomic E-state index is -0.594. The predicted molar refractivity (Wildman–Crippen MR) is 72.6 cm³/mol. The van der Waals surface area contributed by atoms with E-state index in [0.29, 0.717) is 11.5 Å². The maximum atomic E-state index is 11.5. The third-order valence-corrected chi connectivity index (χ3v) is 5.34. The first kappa shape index (κ1) is 13.9. The number of hydrogen-bond donors (Lipinski definition) is 1. The smallest absolute Gasteiger partial charge is 0.310 e. The quantitative estimate of drug-likeness (QED) is 0.840. The summed E-state index contributed by atoms with van der Waals surface area (Å²) < 4.78 is 0. The van der Waals surface area contributed by atoms with E-state index in [9.17, 15) is 9.90 Å². The third-order valence-electron chi connectivity index (χ3n) is 5.34. The second-order valence-corrected chi connectivity index (χ2v) is 7.05. The van der Waals surface area contributed by atoms with Crippen LogP contribution in [0.4, 0.5) is 0 Å². The summed E-state index contributed by atoms with van der Waals surface area (Å²) in [4.78, 5) is 13.9. The van der Waals surface area contributed by atoms with Gasteiger partial charge in [-0.2, -0.15) is 0 Å². The molecule has 0 aromatic heterocycles. The number of rotatable bonds is 3. The molecule has 1 N–H and O–H groups in total. The highest BCUT2D eigenvalue weighted by Crippen LogP contribution is 2.41. The molecule has 0 spiro atoms. The van der Waals surface area contributed by atoms with Crippen LogP contribution in [0.1, 0.15) is 59.3 Å². The van der Waals surface area contributed by atoms with E-state index in [1.807, 2.05) is 6.92 Å². The van der Waals surface area contributed by atoms with Gasteiger partial charge in [0.15, 0.2) is 0 Å². The highest BCUT2D eigenvalue weighted by molar-refractivity contribution is 5.75. The van der Waals surface area contributed by atoms with E-state index in [1.165, 1.54) is 25.7 Å². The fourth-order valence-corrected chi connectivity index (χ4v) is 3.58. The molecule has 0 radical (unpaired) electrons. The molecule has 1 unspecified atom stereocenters. The SMILES string of the molecule is CCC1(C(=O)O)CCN(C2CCC(C)(C)CC2)C1. The number of nitrogens with zero attached hydrogens (tertiary/aromatic N) is 1. The van der Waals surface area contributed by atoms with Crippen molar-refractivity contribution in [1.29, 1.82) is 0 Å². The van der Waals surface area contributed by atoms with Crippen molar-refractivity contribution in [3.63, 3.8) is 0 Å². The maximum Gasteiger partial charge on any atom is 0.310 e. The molecule has 1 saturated carbocycles. The lowest BCUT2D eigenvalue weighted by atomic mass is 9.75. The van der Waals surface area contributed by atoms with Gasteiger partial charge in [-0.15, -0.1) is 0 Å². The van der Waals surface area contributed by atoms with E-state index < -0.39 is 11.4 Å². The topological polar surface area (TPSA) is 40.5 Å². The number of aliphatic carboxylic acids is 1. The molecule has 2 aliphatic rings. The first-order chi connectivity index (χ1) is 8.38. The Morgan fingerprint density at radius 3 is 2.33 bits per heavy atom. The van der Waals surface area contributed by atoms with Crippen LogP contribution in [0.25, 0.3) is 0 Å². The Bertz CT molecular complexity index is 316. The molecule has 0 amide bonds. The van der Waals surface area contributed by atoms with Crippen LogP contribution in [-0.4, -0.2) is 35.1 Å². The number of carboxylic acids is 1. The Morgan fingerprint density at radius 1 is 1.28 bits per heavy atom. The predicted octanol–water partition coefficient (Wildman–Crippen LogP) is 3.14. The van der Waals surface area contributed by atoms with Gasteiger partial charge in [0, 0.05) is 12.6 Å². The van der Waals surface area contributed by atoms with Crippen LogP contribution in [0.2, 0.25) is 0 Å². The van der Waals surface area contributed by atoms with Gasteiger partial charge in [-0.25, -0.2) is 0 Å². The second-order valence-electron chi connectivity index (χ2n) is 7.05. The lowest BCUT2D eigenvalue weighted by molar-refractivity contribution is -0.148. The fraction of sp³-hybridized carbons (Fsp3) is 0.933. The molecule has 0 aromatic rings. The molecule has 0 aromatic carbocycles. The fourth-order valence-electron chi connectivity index (χ4n) is 3.58. The van der Waals surface area contributed by atoms with Crippen molar-refractivity contribution in [2.24, 2.45) is 10.8 Å². The lowest BCUT2D eigenvalue weighted by Gasteiger charge is -2.39. The molecule has 18 heavy (non-hydrogen) atoms. The third kappa shape index (κ3) is 2.56. The zero-order valence-corrected chi connectivity index (χ0v) is 12.0. The second kappa shape index (κ2) is 4.84. The average Bonchev–Trinajstić information content (AvgIpc) is 2.74. The first-order valence-corrected chi connectivity index (χ1v) is 7.36. The van der Waals surface area contributed by atoms with Gasteiger partial charge in [0.2, 0.25) is 0 Å². The summed E-state index contributed by atoms with van der Waals surface area (Å²) in [5.41, 5.74) is 0.0256. The van der Waals surface area contributed by atoms with E-state index in [-0.39, 0.29) is 0 Å². The minimum Gasteiger partial charge on any atom is -0.481 e. The zero-order chi connectivity index (χ0) is 13.4. The molecular formula is C15H27NO2. The minimum absolute atomic E-state index is 0.465. The van der Waals surface area contributed by atoms with Gasteiger partial charge in [-0.05, 0) is 50.5 Å². The van der Waals surface area contributed by atoms with Crippen molar-refractivity contribution in [2.45, 2.75) is 65.3 Å². The molecule has 1 heterocycles. The van der Waals surface area contributed by atoms with Crippen molar-refractivity contribution >= 4 is 5.97 Å². The Morgan fingerprint density at radius 2 is 1.89 bits per heavy atom. The zero-order valence-electron chi connectivity index (χ0n) is 12.0. The molecule has 1 aliphatic carbocycles. The van der Waals surface area contributed by atoms with Gasteiger partial charge in [-0.1, -0.05) is 20.8 Å². The van der Waals surface area contributed by atoms with Crippen LogP contribution >= 0.6 is 0 Å². The van der Waals surface area contributed by atoms with Gasteiger partial charge < -0.3 is 5.11 Å². The van der Waals surface area contributed by atoms with Crippen molar-refractivity contribution in [2.75, 3.05) is 13.1 Å². The summed E-state index contributed by atoms with van der Waals surface area (Å²) in [5, 5.41) is 9.44. The van der Waals surface area contributed by atoms with Crippen molar-refractivity contribution in [1.82, 2.24) is 4.90 Å². The lowest BCUT2D eigenvalue weighted by Crippen LogP contribution is -2.41. The maximum absolute atomic E-state index is 11.5. The van der Waals surface area contributed by atoms with Crippen LogP contribution in [0.15, 0.2) is 0 Å². The van der Waals surface area contributed by atoms with Gasteiger partial charge >= 0.3 is 5.97 Å². The molecule has 1 saturated heterocycles. The highest BCUT2D eigenvalue weighted by Gasteiger charge is 2.45. The number of carbonyl (C=O) groups is 1. The molecule has 3 nitrogen and oxygen atoms in total. The standard InChI is InChI=1S/C15H27NO2/c1-4-15(13(17)18)9-10-16(11-15)12-5-7-14(2,3)8-6-12/h12H,4-11H2,1-3H3,(H,17,18). The largest absolute Gasteiger partial charge is 0.481 e. The Balaban J connectivity index is 1.95. The van der Waals surface area contributed by atoms with Gasteiger partial charge in [0.1, 0.15) is 0 Å². The number of carboxylic acid groups (broad SMARTS) is 1. The Hall–Kier alpha value is -0.570. The number of likely N-dealkylation sites (tertiary alicyclic amines) is 1. The van der Waals surface area contributed by atoms with Crippen molar-refractivity contribution < 1.29 is 9.90 Å². The monoisotopic (exact) mass is 253 g/mol. The highest BCUT2D eigenvalue weighted by atomic mass is 16.4. The molecule has 104 valence electrons. The number of hydrogen-bond acceptors (Lipinski definition) is 2. The average molecular weight is 253 g/mol. The van der Waals surface area contributed by atoms with E-state index >= 15 is 0 Å². The van der Waals surface area contributed by atoms with Crippen LogP contribution < -0.4 is 0 Å². The molecule has 1 atom stereocenters. The molecule has 0 bridgehead atoms. The van der Waals surface area contributed by atoms with Gasteiger partial charge in [0.05, 0.1) is 5.41 Å². The first-order valence-electron chi connectivity index (χ1n) is 7.36. The van der Waals surface area contributed by atoms with E-state index in [1.54, 1.807) is 0 Å². The Labute approximate surface area is 111 Å². The summed E-state index contributed by atoms with van der Waals surface area (Å²) in [6.07, 6.45) is 6.63. The van der Waals surface area contributed by atoms with Crippen LogP contribution in [-0.2, 0) is 4.79 Å².